The zero-order valence-electron chi connectivity index (χ0n) is 6.26. The summed E-state index contributed by atoms with van der Waals surface area (Å²) in [5.41, 5.74) is 0. The molecule has 0 bridgehead atoms. The first-order valence-corrected chi connectivity index (χ1v) is 6.54. The molecule has 1 radical (unpaired) electrons. The molecule has 0 N–H and O–H groups in total. The normalized spacial score (nSPS) is 21.7. The van der Waals surface area contributed by atoms with Gasteiger partial charge >= 0.3 is 0 Å². The number of hydrogen-bond acceptors (Lipinski definition) is 1. The maximum Gasteiger partial charge on any atom is 0.171 e. The second-order valence-corrected chi connectivity index (χ2v) is 5.28. The van der Waals surface area contributed by atoms with Gasteiger partial charge in [-0.3, -0.25) is 0 Å². The number of rotatable bonds is 2. The molecule has 0 saturated heterocycles. The largest absolute Gasteiger partial charge is 0.418 e. The molecule has 1 aliphatic rings. The molecule has 53 valence electrons. The Hall–Kier alpha value is 0.177. The number of hydrogen-bond donors (Lipinski definition) is 0. The van der Waals surface area contributed by atoms with Crippen LogP contribution >= 0.6 is 0 Å². The fraction of sp³-hybridized carbons (Fsp3) is 0.857. The Morgan fingerprint density at radius 3 is 2.78 bits per heavy atom. The van der Waals surface area contributed by atoms with Crippen LogP contribution in [-0.4, -0.2) is 15.1 Å². The molecule has 1 fully saturated rings. The Morgan fingerprint density at radius 2 is 2.33 bits per heavy atom. The van der Waals surface area contributed by atoms with Crippen LogP contribution in [0.2, 0.25) is 13.1 Å². The summed E-state index contributed by atoms with van der Waals surface area (Å²) < 4.78 is 5.72. The van der Waals surface area contributed by atoms with Gasteiger partial charge in [-0.25, -0.2) is 0 Å². The summed E-state index contributed by atoms with van der Waals surface area (Å²) in [6.07, 6.45) is 6.67. The van der Waals surface area contributed by atoms with Gasteiger partial charge in [-0.15, -0.1) is 0 Å². The molecule has 9 heavy (non-hydrogen) atoms. The average Bonchev–Trinajstić information content (AvgIpc) is 2.15. The maximum absolute atomic E-state index is 5.72. The van der Waals surface area contributed by atoms with Crippen molar-refractivity contribution in [1.82, 2.24) is 0 Å². The van der Waals surface area contributed by atoms with E-state index in [-0.39, 0.29) is 0 Å². The molecule has 1 rings (SSSR count). The van der Waals surface area contributed by atoms with E-state index in [1.807, 2.05) is 0 Å². The summed E-state index contributed by atoms with van der Waals surface area (Å²) in [5.74, 6) is 0. The Morgan fingerprint density at radius 1 is 1.56 bits per heavy atom. The predicted octanol–water partition coefficient (Wildman–Crippen LogP) is 1.74. The smallest absolute Gasteiger partial charge is 0.171 e. The molecule has 1 unspecified atom stereocenters. The molecule has 0 spiro atoms. The quantitative estimate of drug-likeness (QED) is 0.535. The van der Waals surface area contributed by atoms with Gasteiger partial charge in [0.15, 0.2) is 9.04 Å². The van der Waals surface area contributed by atoms with Crippen molar-refractivity contribution >= 4 is 9.04 Å². The molecular weight excluding hydrogens is 128 g/mol. The fourth-order valence-electron chi connectivity index (χ4n) is 1.23. The molecule has 2 heteroatoms. The van der Waals surface area contributed by atoms with Crippen molar-refractivity contribution in [2.75, 3.05) is 0 Å². The second kappa shape index (κ2) is 3.37. The van der Waals surface area contributed by atoms with Gasteiger partial charge in [0, 0.05) is 6.10 Å². The van der Waals surface area contributed by atoms with Crippen molar-refractivity contribution in [2.24, 2.45) is 0 Å². The third kappa shape index (κ3) is 2.50. The van der Waals surface area contributed by atoms with E-state index in [0.717, 1.165) is 0 Å². The molecule has 0 aromatic rings. The highest BCUT2D eigenvalue weighted by Gasteiger charge is 2.16. The molecular formula is C7H15OSi. The molecule has 1 nitrogen and oxygen atoms in total. The van der Waals surface area contributed by atoms with E-state index in [2.05, 4.69) is 19.5 Å². The van der Waals surface area contributed by atoms with Gasteiger partial charge < -0.3 is 4.43 Å². The summed E-state index contributed by atoms with van der Waals surface area (Å²) in [6, 6.07) is 0. The fourth-order valence-corrected chi connectivity index (χ4v) is 2.25. The first-order chi connectivity index (χ1) is 4.29. The van der Waals surface area contributed by atoms with Gasteiger partial charge in [0.25, 0.3) is 0 Å². The van der Waals surface area contributed by atoms with Crippen LogP contribution in [0.1, 0.15) is 19.3 Å². The van der Waals surface area contributed by atoms with Crippen LogP contribution in [0.3, 0.4) is 0 Å². The van der Waals surface area contributed by atoms with E-state index in [9.17, 15) is 0 Å². The highest BCUT2D eigenvalue weighted by molar-refractivity contribution is 6.48. The second-order valence-electron chi connectivity index (χ2n) is 2.91. The predicted molar refractivity (Wildman–Crippen MR) is 41.9 cm³/mol. The summed E-state index contributed by atoms with van der Waals surface area (Å²) in [7, 11) is -0.744. The lowest BCUT2D eigenvalue weighted by Crippen LogP contribution is -2.16. The third-order valence-corrected chi connectivity index (χ3v) is 2.52. The summed E-state index contributed by atoms with van der Waals surface area (Å²) in [4.78, 5) is 0. The summed E-state index contributed by atoms with van der Waals surface area (Å²) >= 11 is 0. The highest BCUT2D eigenvalue weighted by atomic mass is 28.3. The van der Waals surface area contributed by atoms with Crippen LogP contribution in [0.15, 0.2) is 0 Å². The first kappa shape index (κ1) is 7.29. The Labute approximate surface area is 59.1 Å². The van der Waals surface area contributed by atoms with Gasteiger partial charge in [0.2, 0.25) is 0 Å². The van der Waals surface area contributed by atoms with Crippen LogP contribution in [0.25, 0.3) is 0 Å². The minimum atomic E-state index is -0.744. The van der Waals surface area contributed by atoms with Gasteiger partial charge in [0.1, 0.15) is 0 Å². The average molecular weight is 143 g/mol. The first-order valence-electron chi connectivity index (χ1n) is 3.76. The Kier molecular flexibility index (Phi) is 2.73. The zero-order valence-corrected chi connectivity index (χ0v) is 7.42. The monoisotopic (exact) mass is 143 g/mol. The standard InChI is InChI=1S/C7H15OSi/c1-9(2)8-7-5-3-4-6-7/h3,7,9H,4-6H2,1-2H3. The lowest BCUT2D eigenvalue weighted by atomic mass is 10.3. The molecule has 0 aromatic carbocycles. The molecule has 1 saturated carbocycles. The van der Waals surface area contributed by atoms with Gasteiger partial charge in [-0.2, -0.15) is 0 Å². The van der Waals surface area contributed by atoms with E-state index in [4.69, 9.17) is 4.43 Å². The Bertz CT molecular complexity index is 77.0. The van der Waals surface area contributed by atoms with Crippen LogP contribution in [0.4, 0.5) is 0 Å². The van der Waals surface area contributed by atoms with Gasteiger partial charge in [0.05, 0.1) is 0 Å². The minimum Gasteiger partial charge on any atom is -0.418 e. The maximum atomic E-state index is 5.72. The third-order valence-electron chi connectivity index (χ3n) is 1.59. The highest BCUT2D eigenvalue weighted by Crippen LogP contribution is 2.20. The van der Waals surface area contributed by atoms with Crippen LogP contribution in [0, 0.1) is 6.42 Å². The van der Waals surface area contributed by atoms with E-state index < -0.39 is 9.04 Å². The molecule has 0 aromatic heterocycles. The van der Waals surface area contributed by atoms with E-state index in [1.165, 1.54) is 19.3 Å². The van der Waals surface area contributed by atoms with Gasteiger partial charge in [-0.1, -0.05) is 0 Å². The minimum absolute atomic E-state index is 0.594. The lowest BCUT2D eigenvalue weighted by molar-refractivity contribution is 0.216. The molecule has 0 amide bonds. The van der Waals surface area contributed by atoms with Crippen LogP contribution < -0.4 is 0 Å². The van der Waals surface area contributed by atoms with Crippen molar-refractivity contribution in [2.45, 2.75) is 38.5 Å². The van der Waals surface area contributed by atoms with E-state index in [0.29, 0.717) is 6.10 Å². The van der Waals surface area contributed by atoms with Crippen molar-refractivity contribution in [3.8, 4) is 0 Å². The van der Waals surface area contributed by atoms with Crippen molar-refractivity contribution in [3.05, 3.63) is 6.42 Å². The van der Waals surface area contributed by atoms with Gasteiger partial charge in [-0.05, 0) is 38.8 Å². The Balaban J connectivity index is 2.11. The molecule has 0 aliphatic heterocycles. The summed E-state index contributed by atoms with van der Waals surface area (Å²) in [6.45, 7) is 4.47. The zero-order chi connectivity index (χ0) is 6.69. The molecule has 1 aliphatic carbocycles. The lowest BCUT2D eigenvalue weighted by Gasteiger charge is -2.12. The van der Waals surface area contributed by atoms with Crippen molar-refractivity contribution in [1.29, 1.82) is 0 Å². The topological polar surface area (TPSA) is 9.23 Å². The van der Waals surface area contributed by atoms with E-state index in [1.54, 1.807) is 0 Å². The van der Waals surface area contributed by atoms with Crippen molar-refractivity contribution < 1.29 is 4.43 Å². The van der Waals surface area contributed by atoms with Crippen molar-refractivity contribution in [3.63, 3.8) is 0 Å². The molecule has 1 atom stereocenters. The van der Waals surface area contributed by atoms with Crippen LogP contribution in [-0.2, 0) is 4.43 Å². The molecule has 0 heterocycles. The summed E-state index contributed by atoms with van der Waals surface area (Å²) in [5, 5.41) is 0. The van der Waals surface area contributed by atoms with Crippen LogP contribution in [0.5, 0.6) is 0 Å². The van der Waals surface area contributed by atoms with E-state index >= 15 is 0 Å². The SMILES string of the molecule is C[SiH](C)OC1C[CH]CC1.